The monoisotopic (exact) mass is 316 g/mol. The van der Waals surface area contributed by atoms with Crippen LogP contribution in [0, 0.1) is 13.8 Å². The van der Waals surface area contributed by atoms with Crippen molar-refractivity contribution in [2.75, 3.05) is 19.6 Å². The van der Waals surface area contributed by atoms with E-state index in [1.165, 1.54) is 5.56 Å². The van der Waals surface area contributed by atoms with E-state index in [0.717, 1.165) is 35.2 Å². The number of likely N-dealkylation sites (N-methyl/N-ethyl adjacent to an activating group) is 1. The largest absolute Gasteiger partial charge is 0.464 e. The molecule has 126 valence electrons. The number of hydrogen-bond donors (Lipinski definition) is 1. The molecule has 1 aromatic heterocycles. The van der Waals surface area contributed by atoms with Crippen molar-refractivity contribution in [3.63, 3.8) is 0 Å². The van der Waals surface area contributed by atoms with Crippen molar-refractivity contribution in [2.45, 2.75) is 47.1 Å². The third-order valence-electron chi connectivity index (χ3n) is 4.55. The summed E-state index contributed by atoms with van der Waals surface area (Å²) in [4.78, 5) is 14.5. The van der Waals surface area contributed by atoms with Crippen LogP contribution < -0.4 is 5.32 Å². The Bertz CT molecular complexity index is 673. The molecule has 4 heteroatoms. The molecule has 0 saturated heterocycles. The maximum absolute atomic E-state index is 12.2. The summed E-state index contributed by atoms with van der Waals surface area (Å²) in [6, 6.07) is 4.62. The number of rotatable bonds is 7. The third-order valence-corrected chi connectivity index (χ3v) is 4.55. The highest BCUT2D eigenvalue weighted by Gasteiger charge is 2.13. The number of aryl methyl sites for hydroxylation is 2. The highest BCUT2D eigenvalue weighted by atomic mass is 16.3. The van der Waals surface area contributed by atoms with Crippen molar-refractivity contribution < 1.29 is 9.21 Å². The summed E-state index contributed by atoms with van der Waals surface area (Å²) in [6.07, 6.45) is 2.08. The zero-order chi connectivity index (χ0) is 17.0. The van der Waals surface area contributed by atoms with Crippen LogP contribution >= 0.6 is 0 Å². The van der Waals surface area contributed by atoms with Crippen molar-refractivity contribution >= 4 is 16.9 Å². The molecule has 0 bridgehead atoms. The summed E-state index contributed by atoms with van der Waals surface area (Å²) in [5.74, 6) is 0.0470. The molecule has 0 radical (unpaired) electrons. The van der Waals surface area contributed by atoms with Gasteiger partial charge in [0.15, 0.2) is 0 Å². The number of carbonyl (C=O) groups is 1. The molecule has 0 atom stereocenters. The maximum Gasteiger partial charge on any atom is 0.224 e. The molecule has 0 saturated carbocycles. The van der Waals surface area contributed by atoms with Gasteiger partial charge in [-0.3, -0.25) is 9.69 Å². The summed E-state index contributed by atoms with van der Waals surface area (Å²) in [5, 5.41) is 4.05. The van der Waals surface area contributed by atoms with Gasteiger partial charge < -0.3 is 9.73 Å². The van der Waals surface area contributed by atoms with Gasteiger partial charge in [0.1, 0.15) is 5.58 Å². The average Bonchev–Trinajstić information content (AvgIpc) is 2.90. The standard InChI is InChI=1S/C19H28N2O2/c1-6-21(13(2)3)10-9-20-18(22)11-16-12-23-19-15(5)14(4)7-8-17(16)19/h7-8,12-13H,6,9-11H2,1-5H3,(H,20,22). The van der Waals surface area contributed by atoms with E-state index in [4.69, 9.17) is 4.42 Å². The van der Waals surface area contributed by atoms with Crippen LogP contribution in [0.15, 0.2) is 22.8 Å². The summed E-state index contributed by atoms with van der Waals surface area (Å²) < 4.78 is 5.66. The smallest absolute Gasteiger partial charge is 0.224 e. The van der Waals surface area contributed by atoms with Crippen molar-refractivity contribution in [3.05, 3.63) is 35.1 Å². The minimum Gasteiger partial charge on any atom is -0.464 e. The summed E-state index contributed by atoms with van der Waals surface area (Å²) in [7, 11) is 0. The molecular formula is C19H28N2O2. The third kappa shape index (κ3) is 4.14. The molecule has 0 fully saturated rings. The molecule has 1 heterocycles. The number of amides is 1. The van der Waals surface area contributed by atoms with Crippen molar-refractivity contribution in [1.29, 1.82) is 0 Å². The van der Waals surface area contributed by atoms with Crippen molar-refractivity contribution in [2.24, 2.45) is 0 Å². The van der Waals surface area contributed by atoms with Gasteiger partial charge in [0.05, 0.1) is 12.7 Å². The van der Waals surface area contributed by atoms with E-state index in [1.807, 2.05) is 6.07 Å². The lowest BCUT2D eigenvalue weighted by Gasteiger charge is -2.24. The highest BCUT2D eigenvalue weighted by molar-refractivity contribution is 5.89. The summed E-state index contributed by atoms with van der Waals surface area (Å²) in [6.45, 7) is 13.2. The predicted molar refractivity (Wildman–Crippen MR) is 94.8 cm³/mol. The van der Waals surface area contributed by atoms with Crippen LogP contribution in [0.2, 0.25) is 0 Å². The maximum atomic E-state index is 12.2. The Hall–Kier alpha value is -1.81. The second-order valence-electron chi connectivity index (χ2n) is 6.39. The molecule has 23 heavy (non-hydrogen) atoms. The molecule has 2 rings (SSSR count). The Morgan fingerprint density at radius 3 is 2.70 bits per heavy atom. The molecule has 2 aromatic rings. The number of nitrogens with one attached hydrogen (secondary N) is 1. The Morgan fingerprint density at radius 1 is 1.30 bits per heavy atom. The van der Waals surface area contributed by atoms with Gasteiger partial charge >= 0.3 is 0 Å². The lowest BCUT2D eigenvalue weighted by atomic mass is 10.0. The van der Waals surface area contributed by atoms with Gasteiger partial charge in [-0.15, -0.1) is 0 Å². The van der Waals surface area contributed by atoms with Crippen LogP contribution in [0.1, 0.15) is 37.5 Å². The van der Waals surface area contributed by atoms with E-state index in [2.05, 4.69) is 50.9 Å². The Balaban J connectivity index is 1.95. The normalized spacial score (nSPS) is 11.6. The first-order valence-corrected chi connectivity index (χ1v) is 8.41. The highest BCUT2D eigenvalue weighted by Crippen LogP contribution is 2.26. The van der Waals surface area contributed by atoms with Crippen LogP contribution in [-0.4, -0.2) is 36.5 Å². The first-order valence-electron chi connectivity index (χ1n) is 8.41. The number of hydrogen-bond acceptors (Lipinski definition) is 3. The van der Waals surface area contributed by atoms with Gasteiger partial charge in [-0.2, -0.15) is 0 Å². The number of carbonyl (C=O) groups excluding carboxylic acids is 1. The fraction of sp³-hybridized carbons (Fsp3) is 0.526. The lowest BCUT2D eigenvalue weighted by Crippen LogP contribution is -2.38. The van der Waals surface area contributed by atoms with Crippen molar-refractivity contribution in [3.8, 4) is 0 Å². The van der Waals surface area contributed by atoms with Crippen LogP contribution in [-0.2, 0) is 11.2 Å². The molecular weight excluding hydrogens is 288 g/mol. The number of furan rings is 1. The molecule has 0 aliphatic carbocycles. The van der Waals surface area contributed by atoms with Crippen molar-refractivity contribution in [1.82, 2.24) is 10.2 Å². The molecule has 4 nitrogen and oxygen atoms in total. The second kappa shape index (κ2) is 7.64. The first kappa shape index (κ1) is 17.5. The number of fused-ring (bicyclic) bond motifs is 1. The van der Waals surface area contributed by atoms with E-state index >= 15 is 0 Å². The fourth-order valence-electron chi connectivity index (χ4n) is 2.88. The Morgan fingerprint density at radius 2 is 2.04 bits per heavy atom. The quantitative estimate of drug-likeness (QED) is 0.851. The number of nitrogens with zero attached hydrogens (tertiary/aromatic N) is 1. The first-order chi connectivity index (χ1) is 10.9. The van der Waals surface area contributed by atoms with E-state index in [0.29, 0.717) is 19.0 Å². The average molecular weight is 316 g/mol. The van der Waals surface area contributed by atoms with E-state index < -0.39 is 0 Å². The van der Waals surface area contributed by atoms with Crippen LogP contribution in [0.5, 0.6) is 0 Å². The van der Waals surface area contributed by atoms with Gasteiger partial charge in [-0.05, 0) is 45.4 Å². The van der Waals surface area contributed by atoms with Gasteiger partial charge in [0.2, 0.25) is 5.91 Å². The topological polar surface area (TPSA) is 45.5 Å². The van der Waals surface area contributed by atoms with Gasteiger partial charge in [-0.1, -0.05) is 19.1 Å². The summed E-state index contributed by atoms with van der Waals surface area (Å²) >= 11 is 0. The molecule has 0 spiro atoms. The SMILES string of the molecule is CCN(CCNC(=O)Cc1coc2c(C)c(C)ccc12)C(C)C. The molecule has 0 aliphatic rings. The molecule has 1 aromatic carbocycles. The Labute approximate surface area is 138 Å². The molecule has 1 N–H and O–H groups in total. The zero-order valence-corrected chi connectivity index (χ0v) is 14.9. The van der Waals surface area contributed by atoms with E-state index in [1.54, 1.807) is 6.26 Å². The van der Waals surface area contributed by atoms with Crippen LogP contribution in [0.25, 0.3) is 11.0 Å². The van der Waals surface area contributed by atoms with E-state index in [-0.39, 0.29) is 5.91 Å². The molecule has 0 aliphatic heterocycles. The zero-order valence-electron chi connectivity index (χ0n) is 14.9. The Kier molecular flexibility index (Phi) is 5.83. The summed E-state index contributed by atoms with van der Waals surface area (Å²) in [5.41, 5.74) is 4.20. The number of benzene rings is 1. The lowest BCUT2D eigenvalue weighted by molar-refractivity contribution is -0.120. The van der Waals surface area contributed by atoms with Crippen LogP contribution in [0.3, 0.4) is 0 Å². The molecule has 1 amide bonds. The van der Waals surface area contributed by atoms with Crippen LogP contribution in [0.4, 0.5) is 0 Å². The predicted octanol–water partition coefficient (Wildman–Crippen LogP) is 3.44. The minimum absolute atomic E-state index is 0.0470. The molecule has 0 unspecified atom stereocenters. The van der Waals surface area contributed by atoms with Gasteiger partial charge in [0, 0.05) is 30.1 Å². The minimum atomic E-state index is 0.0470. The van der Waals surface area contributed by atoms with E-state index in [9.17, 15) is 4.79 Å². The second-order valence-corrected chi connectivity index (χ2v) is 6.39. The fourth-order valence-corrected chi connectivity index (χ4v) is 2.88. The van der Waals surface area contributed by atoms with Gasteiger partial charge in [-0.25, -0.2) is 0 Å². The van der Waals surface area contributed by atoms with Gasteiger partial charge in [0.25, 0.3) is 0 Å².